The SMILES string of the molecule is CC1=C2CC[C@@](C)(O)[C@@H]2[C@H]2OC(=O)[C@@H](C)[C@@H]2CC1. The standard InChI is InChI=1S/C15H22O3/c1-8-4-5-11-9(2)14(16)18-13(11)12-10(8)6-7-15(12,3)17/h9,11-13,17H,4-7H2,1-3H3/t9-,11-,12-,13-,15+/m0/s1. The van der Waals surface area contributed by atoms with Gasteiger partial charge < -0.3 is 9.84 Å². The molecule has 5 atom stereocenters. The molecule has 0 unspecified atom stereocenters. The van der Waals surface area contributed by atoms with E-state index in [0.29, 0.717) is 0 Å². The average Bonchev–Trinajstić information content (AvgIpc) is 2.69. The van der Waals surface area contributed by atoms with E-state index in [2.05, 4.69) is 6.92 Å². The molecule has 0 bridgehead atoms. The number of esters is 1. The van der Waals surface area contributed by atoms with Gasteiger partial charge in [-0.25, -0.2) is 0 Å². The van der Waals surface area contributed by atoms with Crippen molar-refractivity contribution in [3.63, 3.8) is 0 Å². The first kappa shape index (κ1) is 12.2. The zero-order valence-corrected chi connectivity index (χ0v) is 11.4. The molecule has 1 saturated carbocycles. The van der Waals surface area contributed by atoms with Gasteiger partial charge in [0.25, 0.3) is 0 Å². The highest BCUT2D eigenvalue weighted by Crippen LogP contribution is 2.52. The molecule has 0 radical (unpaired) electrons. The molecule has 0 aromatic heterocycles. The second-order valence-corrected chi connectivity index (χ2v) is 6.53. The van der Waals surface area contributed by atoms with Gasteiger partial charge in [0.2, 0.25) is 0 Å². The lowest BCUT2D eigenvalue weighted by Crippen LogP contribution is -2.40. The Bertz CT molecular complexity index is 421. The molecule has 0 amide bonds. The van der Waals surface area contributed by atoms with Gasteiger partial charge in [0.1, 0.15) is 6.10 Å². The normalized spacial score (nSPS) is 47.7. The highest BCUT2D eigenvalue weighted by atomic mass is 16.6. The molecule has 0 aromatic rings. The molecule has 3 aliphatic rings. The van der Waals surface area contributed by atoms with Crippen LogP contribution in [0.4, 0.5) is 0 Å². The molecule has 100 valence electrons. The fourth-order valence-corrected chi connectivity index (χ4v) is 4.17. The maximum Gasteiger partial charge on any atom is 0.309 e. The predicted molar refractivity (Wildman–Crippen MR) is 67.8 cm³/mol. The smallest absolute Gasteiger partial charge is 0.309 e. The second kappa shape index (κ2) is 3.83. The van der Waals surface area contributed by atoms with Crippen LogP contribution in [-0.4, -0.2) is 22.8 Å². The summed E-state index contributed by atoms with van der Waals surface area (Å²) in [5, 5.41) is 10.6. The summed E-state index contributed by atoms with van der Waals surface area (Å²) in [6.07, 6.45) is 3.71. The van der Waals surface area contributed by atoms with Crippen LogP contribution in [0.5, 0.6) is 0 Å². The zero-order chi connectivity index (χ0) is 13.1. The summed E-state index contributed by atoms with van der Waals surface area (Å²) in [4.78, 5) is 11.8. The first-order valence-corrected chi connectivity index (χ1v) is 7.03. The van der Waals surface area contributed by atoms with Gasteiger partial charge in [-0.1, -0.05) is 18.1 Å². The highest BCUT2D eigenvalue weighted by molar-refractivity contribution is 5.75. The third-order valence-electron chi connectivity index (χ3n) is 5.36. The van der Waals surface area contributed by atoms with Crippen molar-refractivity contribution in [2.75, 3.05) is 0 Å². The van der Waals surface area contributed by atoms with Gasteiger partial charge in [0.05, 0.1) is 11.5 Å². The Labute approximate surface area is 108 Å². The van der Waals surface area contributed by atoms with Gasteiger partial charge >= 0.3 is 5.97 Å². The number of allylic oxidation sites excluding steroid dienone is 1. The van der Waals surface area contributed by atoms with Crippen molar-refractivity contribution in [2.24, 2.45) is 17.8 Å². The van der Waals surface area contributed by atoms with E-state index in [1.54, 1.807) is 0 Å². The molecule has 3 heteroatoms. The van der Waals surface area contributed by atoms with Crippen LogP contribution in [0.3, 0.4) is 0 Å². The van der Waals surface area contributed by atoms with E-state index < -0.39 is 5.60 Å². The van der Waals surface area contributed by atoms with E-state index in [-0.39, 0.29) is 29.8 Å². The van der Waals surface area contributed by atoms with E-state index in [1.165, 1.54) is 11.1 Å². The molecular weight excluding hydrogens is 228 g/mol. The molecule has 0 spiro atoms. The molecule has 1 aliphatic heterocycles. The Morgan fingerprint density at radius 2 is 2.11 bits per heavy atom. The zero-order valence-electron chi connectivity index (χ0n) is 11.4. The fourth-order valence-electron chi connectivity index (χ4n) is 4.17. The summed E-state index contributed by atoms with van der Waals surface area (Å²) in [5.74, 6) is 0.212. The van der Waals surface area contributed by atoms with Crippen molar-refractivity contribution in [1.29, 1.82) is 0 Å². The van der Waals surface area contributed by atoms with E-state index in [9.17, 15) is 9.90 Å². The third-order valence-corrected chi connectivity index (χ3v) is 5.36. The average molecular weight is 250 g/mol. The van der Waals surface area contributed by atoms with E-state index >= 15 is 0 Å². The van der Waals surface area contributed by atoms with E-state index in [0.717, 1.165) is 25.7 Å². The summed E-state index contributed by atoms with van der Waals surface area (Å²) >= 11 is 0. The second-order valence-electron chi connectivity index (χ2n) is 6.53. The van der Waals surface area contributed by atoms with Crippen LogP contribution < -0.4 is 0 Å². The topological polar surface area (TPSA) is 46.5 Å². The van der Waals surface area contributed by atoms with Crippen LogP contribution >= 0.6 is 0 Å². The Morgan fingerprint density at radius 3 is 2.83 bits per heavy atom. The number of hydrogen-bond acceptors (Lipinski definition) is 3. The third kappa shape index (κ3) is 1.56. The van der Waals surface area contributed by atoms with Gasteiger partial charge in [-0.2, -0.15) is 0 Å². The van der Waals surface area contributed by atoms with Gasteiger partial charge in [0.15, 0.2) is 0 Å². The largest absolute Gasteiger partial charge is 0.461 e. The maximum absolute atomic E-state index is 11.8. The van der Waals surface area contributed by atoms with Crippen molar-refractivity contribution < 1.29 is 14.6 Å². The van der Waals surface area contributed by atoms with Gasteiger partial charge in [0, 0.05) is 11.8 Å². The number of ether oxygens (including phenoxy) is 1. The molecular formula is C15H22O3. The lowest BCUT2D eigenvalue weighted by Gasteiger charge is -2.32. The van der Waals surface area contributed by atoms with Gasteiger partial charge in [-0.3, -0.25) is 4.79 Å². The fraction of sp³-hybridized carbons (Fsp3) is 0.800. The molecule has 18 heavy (non-hydrogen) atoms. The number of fused-ring (bicyclic) bond motifs is 3. The summed E-state index contributed by atoms with van der Waals surface area (Å²) in [6.45, 7) is 6.05. The number of hydrogen-bond donors (Lipinski definition) is 1. The van der Waals surface area contributed by atoms with Crippen molar-refractivity contribution in [2.45, 2.75) is 58.2 Å². The minimum atomic E-state index is -0.714. The molecule has 1 N–H and O–H groups in total. The Hall–Kier alpha value is -0.830. The first-order chi connectivity index (χ1) is 8.42. The summed E-state index contributed by atoms with van der Waals surface area (Å²) in [5.41, 5.74) is 2.05. The van der Waals surface area contributed by atoms with E-state index in [1.807, 2.05) is 13.8 Å². The van der Waals surface area contributed by atoms with Crippen LogP contribution in [0.1, 0.15) is 46.5 Å². The quantitative estimate of drug-likeness (QED) is 0.530. The van der Waals surface area contributed by atoms with Crippen LogP contribution in [0.25, 0.3) is 0 Å². The molecule has 2 aliphatic carbocycles. The maximum atomic E-state index is 11.8. The number of carbonyl (C=O) groups is 1. The molecule has 2 fully saturated rings. The Balaban J connectivity index is 2.04. The minimum Gasteiger partial charge on any atom is -0.461 e. The summed E-state index contributed by atoms with van der Waals surface area (Å²) in [7, 11) is 0. The van der Waals surface area contributed by atoms with Crippen LogP contribution in [0.2, 0.25) is 0 Å². The van der Waals surface area contributed by atoms with Crippen LogP contribution in [-0.2, 0) is 9.53 Å². The molecule has 3 rings (SSSR count). The van der Waals surface area contributed by atoms with E-state index in [4.69, 9.17) is 4.74 Å². The Morgan fingerprint density at radius 1 is 1.39 bits per heavy atom. The summed E-state index contributed by atoms with van der Waals surface area (Å²) < 4.78 is 5.62. The van der Waals surface area contributed by atoms with Gasteiger partial charge in [-0.05, 0) is 39.5 Å². The number of rotatable bonds is 0. The van der Waals surface area contributed by atoms with Crippen LogP contribution in [0, 0.1) is 17.8 Å². The molecule has 1 saturated heterocycles. The number of aliphatic hydroxyl groups is 1. The molecule has 0 aromatic carbocycles. The molecule has 1 heterocycles. The van der Waals surface area contributed by atoms with Crippen molar-refractivity contribution >= 4 is 5.97 Å². The summed E-state index contributed by atoms with van der Waals surface area (Å²) in [6, 6.07) is 0. The first-order valence-electron chi connectivity index (χ1n) is 7.03. The lowest BCUT2D eigenvalue weighted by molar-refractivity contribution is -0.147. The van der Waals surface area contributed by atoms with Gasteiger partial charge in [-0.15, -0.1) is 0 Å². The lowest BCUT2D eigenvalue weighted by atomic mass is 9.78. The van der Waals surface area contributed by atoms with Crippen molar-refractivity contribution in [3.8, 4) is 0 Å². The highest BCUT2D eigenvalue weighted by Gasteiger charge is 2.55. The van der Waals surface area contributed by atoms with Crippen molar-refractivity contribution in [1.82, 2.24) is 0 Å². The Kier molecular flexibility index (Phi) is 2.60. The van der Waals surface area contributed by atoms with Crippen LogP contribution in [0.15, 0.2) is 11.1 Å². The number of carbonyl (C=O) groups excluding carboxylic acids is 1. The molecule has 3 nitrogen and oxygen atoms in total. The monoisotopic (exact) mass is 250 g/mol. The predicted octanol–water partition coefficient (Wildman–Crippen LogP) is 2.44. The minimum absolute atomic E-state index is 0.0152. The van der Waals surface area contributed by atoms with Crippen molar-refractivity contribution in [3.05, 3.63) is 11.1 Å².